The van der Waals surface area contributed by atoms with Gasteiger partial charge in [-0.25, -0.2) is 8.42 Å². The van der Waals surface area contributed by atoms with Crippen molar-refractivity contribution in [3.63, 3.8) is 0 Å². The molecule has 1 saturated heterocycles. The van der Waals surface area contributed by atoms with E-state index in [1.807, 2.05) is 32.0 Å². The zero-order chi connectivity index (χ0) is 23.6. The minimum absolute atomic E-state index is 0.101. The first-order valence-corrected chi connectivity index (χ1v) is 13.0. The molecule has 1 heterocycles. The van der Waals surface area contributed by atoms with E-state index in [1.165, 1.54) is 48.5 Å². The van der Waals surface area contributed by atoms with Crippen LogP contribution < -0.4 is 4.74 Å². The highest BCUT2D eigenvalue weighted by Gasteiger charge is 2.34. The van der Waals surface area contributed by atoms with E-state index in [0.717, 1.165) is 17.2 Å². The summed E-state index contributed by atoms with van der Waals surface area (Å²) < 4.78 is 34.7. The first-order chi connectivity index (χ1) is 15.8. The second kappa shape index (κ2) is 9.79. The number of piperazine rings is 1. The van der Waals surface area contributed by atoms with Crippen LogP contribution in [0.3, 0.4) is 0 Å². The molecule has 33 heavy (non-hydrogen) atoms. The number of rotatable bonds is 6. The van der Waals surface area contributed by atoms with E-state index < -0.39 is 14.9 Å². The lowest BCUT2D eigenvalue weighted by atomic mass is 9.94. The Hall–Kier alpha value is -2.49. The Morgan fingerprint density at radius 3 is 2.30 bits per heavy atom. The zero-order valence-electron chi connectivity index (χ0n) is 19.2. The van der Waals surface area contributed by atoms with Crippen molar-refractivity contribution in [3.05, 3.63) is 57.6 Å². The van der Waals surface area contributed by atoms with E-state index >= 15 is 0 Å². The number of hydrogen-bond donors (Lipinski definition) is 0. The molecule has 0 spiro atoms. The fraction of sp³-hybridized carbons (Fsp3) is 0.500. The highest BCUT2D eigenvalue weighted by molar-refractivity contribution is 7.89. The molecule has 178 valence electrons. The molecule has 9 heteroatoms. The van der Waals surface area contributed by atoms with Gasteiger partial charge in [0.15, 0.2) is 0 Å². The van der Waals surface area contributed by atoms with Crippen LogP contribution in [0.25, 0.3) is 0 Å². The van der Waals surface area contributed by atoms with Gasteiger partial charge in [-0.2, -0.15) is 4.31 Å². The van der Waals surface area contributed by atoms with Gasteiger partial charge in [0.2, 0.25) is 10.0 Å². The number of hydrogen-bond acceptors (Lipinski definition) is 6. The summed E-state index contributed by atoms with van der Waals surface area (Å²) in [6, 6.07) is 9.98. The third-order valence-corrected chi connectivity index (χ3v) is 8.60. The van der Waals surface area contributed by atoms with E-state index in [4.69, 9.17) is 4.74 Å². The van der Waals surface area contributed by atoms with Gasteiger partial charge in [-0.05, 0) is 49.9 Å². The summed E-state index contributed by atoms with van der Waals surface area (Å²) in [4.78, 5) is 13.0. The highest BCUT2D eigenvalue weighted by Crippen LogP contribution is 2.36. The topological polar surface area (TPSA) is 93.0 Å². The molecule has 1 saturated carbocycles. The molecule has 4 rings (SSSR count). The van der Waals surface area contributed by atoms with Crippen molar-refractivity contribution in [1.29, 1.82) is 0 Å². The maximum absolute atomic E-state index is 13.6. The molecule has 2 aliphatic rings. The molecule has 0 unspecified atom stereocenters. The Bertz CT molecular complexity index is 1120. The molecule has 1 aliphatic heterocycles. The second-order valence-electron chi connectivity index (χ2n) is 8.99. The zero-order valence-corrected chi connectivity index (χ0v) is 20.0. The highest BCUT2D eigenvalue weighted by atomic mass is 32.2. The fourth-order valence-electron chi connectivity index (χ4n) is 4.73. The number of aryl methyl sites for hydroxylation is 2. The van der Waals surface area contributed by atoms with Gasteiger partial charge < -0.3 is 4.74 Å². The monoisotopic (exact) mass is 473 g/mol. The van der Waals surface area contributed by atoms with Crippen LogP contribution in [0.4, 0.5) is 5.69 Å². The van der Waals surface area contributed by atoms with Crippen LogP contribution >= 0.6 is 0 Å². The quantitative estimate of drug-likeness (QED) is 0.448. The first-order valence-electron chi connectivity index (χ1n) is 11.5. The van der Waals surface area contributed by atoms with Crippen molar-refractivity contribution in [3.8, 4) is 11.5 Å². The van der Waals surface area contributed by atoms with Gasteiger partial charge in [0.1, 0.15) is 16.4 Å². The molecule has 0 radical (unpaired) electrons. The van der Waals surface area contributed by atoms with Gasteiger partial charge >= 0.3 is 0 Å². The lowest BCUT2D eigenvalue weighted by Crippen LogP contribution is -2.52. The molecule has 0 aromatic heterocycles. The first kappa shape index (κ1) is 23.7. The summed E-state index contributed by atoms with van der Waals surface area (Å²) >= 11 is 0. The maximum atomic E-state index is 13.6. The SMILES string of the molecule is Cc1ccc(C)c(Oc2ccc([N+](=O)[O-])cc2S(=O)(=O)N2CCN(C3CCCCC3)CC2)c1. The number of benzene rings is 2. The van der Waals surface area contributed by atoms with Crippen LogP contribution in [0, 0.1) is 24.0 Å². The van der Waals surface area contributed by atoms with E-state index in [0.29, 0.717) is 38.0 Å². The Morgan fingerprint density at radius 2 is 1.64 bits per heavy atom. The minimum atomic E-state index is -3.97. The summed E-state index contributed by atoms with van der Waals surface area (Å²) in [5.74, 6) is 0.631. The summed E-state index contributed by atoms with van der Waals surface area (Å²) in [5.41, 5.74) is 1.55. The molecule has 2 aromatic rings. The van der Waals surface area contributed by atoms with Crippen molar-refractivity contribution in [1.82, 2.24) is 9.21 Å². The predicted octanol–water partition coefficient (Wildman–Crippen LogP) is 4.64. The number of nitrogens with zero attached hydrogens (tertiary/aromatic N) is 3. The van der Waals surface area contributed by atoms with Crippen molar-refractivity contribution in [2.24, 2.45) is 0 Å². The fourth-order valence-corrected chi connectivity index (χ4v) is 6.28. The second-order valence-corrected chi connectivity index (χ2v) is 10.9. The largest absolute Gasteiger partial charge is 0.456 e. The summed E-state index contributed by atoms with van der Waals surface area (Å²) in [6.45, 7) is 5.87. The Kier molecular flexibility index (Phi) is 7.02. The summed E-state index contributed by atoms with van der Waals surface area (Å²) in [5, 5.41) is 11.4. The smallest absolute Gasteiger partial charge is 0.271 e. The van der Waals surface area contributed by atoms with Crippen molar-refractivity contribution >= 4 is 15.7 Å². The molecule has 0 amide bonds. The average Bonchev–Trinajstić information content (AvgIpc) is 2.82. The van der Waals surface area contributed by atoms with Gasteiger partial charge in [0.05, 0.1) is 4.92 Å². The molecular formula is C24H31N3O5S. The Morgan fingerprint density at radius 1 is 0.939 bits per heavy atom. The van der Waals surface area contributed by atoms with E-state index in [-0.39, 0.29) is 16.3 Å². The average molecular weight is 474 g/mol. The molecule has 2 fully saturated rings. The molecular weight excluding hydrogens is 442 g/mol. The van der Waals surface area contributed by atoms with Crippen LogP contribution in [0.15, 0.2) is 41.3 Å². The summed E-state index contributed by atoms with van der Waals surface area (Å²) in [7, 11) is -3.97. The molecule has 0 bridgehead atoms. The van der Waals surface area contributed by atoms with Gasteiger partial charge in [0, 0.05) is 44.4 Å². The standard InChI is InChI=1S/C24H31N3O5S/c1-18-8-9-19(2)23(16-18)32-22-11-10-21(27(28)29)17-24(22)33(30,31)26-14-12-25(13-15-26)20-6-4-3-5-7-20/h8-11,16-17,20H,3-7,12-15H2,1-2H3. The van der Waals surface area contributed by atoms with Crippen LogP contribution in [0.2, 0.25) is 0 Å². The van der Waals surface area contributed by atoms with Crippen LogP contribution in [-0.2, 0) is 10.0 Å². The number of nitro benzene ring substituents is 1. The van der Waals surface area contributed by atoms with Crippen LogP contribution in [0.5, 0.6) is 11.5 Å². The van der Waals surface area contributed by atoms with Gasteiger partial charge in [0.25, 0.3) is 5.69 Å². The maximum Gasteiger partial charge on any atom is 0.271 e. The lowest BCUT2D eigenvalue weighted by molar-refractivity contribution is -0.385. The Labute approximate surface area is 195 Å². The van der Waals surface area contributed by atoms with Crippen molar-refractivity contribution < 1.29 is 18.1 Å². The number of sulfonamides is 1. The predicted molar refractivity (Wildman–Crippen MR) is 126 cm³/mol. The molecule has 1 aliphatic carbocycles. The van der Waals surface area contributed by atoms with E-state index in [9.17, 15) is 18.5 Å². The Balaban J connectivity index is 1.61. The van der Waals surface area contributed by atoms with Crippen LogP contribution in [-0.4, -0.2) is 54.8 Å². The van der Waals surface area contributed by atoms with Gasteiger partial charge in [-0.1, -0.05) is 31.4 Å². The van der Waals surface area contributed by atoms with Gasteiger partial charge in [-0.15, -0.1) is 0 Å². The molecule has 2 aromatic carbocycles. The number of nitro groups is 1. The molecule has 0 atom stereocenters. The molecule has 8 nitrogen and oxygen atoms in total. The van der Waals surface area contributed by atoms with Gasteiger partial charge in [-0.3, -0.25) is 15.0 Å². The van der Waals surface area contributed by atoms with Crippen molar-refractivity contribution in [2.45, 2.75) is 56.9 Å². The van der Waals surface area contributed by atoms with E-state index in [2.05, 4.69) is 4.90 Å². The third kappa shape index (κ3) is 5.20. The number of ether oxygens (including phenoxy) is 1. The summed E-state index contributed by atoms with van der Waals surface area (Å²) in [6.07, 6.45) is 6.09. The number of non-ortho nitro benzene ring substituents is 1. The minimum Gasteiger partial charge on any atom is -0.456 e. The third-order valence-electron chi connectivity index (χ3n) is 6.68. The van der Waals surface area contributed by atoms with Crippen molar-refractivity contribution in [2.75, 3.05) is 26.2 Å². The lowest BCUT2D eigenvalue weighted by Gasteiger charge is -2.40. The van der Waals surface area contributed by atoms with E-state index in [1.54, 1.807) is 0 Å². The normalized spacial score (nSPS) is 18.8. The molecule has 0 N–H and O–H groups in total. The van der Waals surface area contributed by atoms with Crippen LogP contribution in [0.1, 0.15) is 43.2 Å².